The highest BCUT2D eigenvalue weighted by Gasteiger charge is 2.20. The van der Waals surface area contributed by atoms with Gasteiger partial charge in [-0.25, -0.2) is 0 Å². The van der Waals surface area contributed by atoms with Crippen molar-refractivity contribution in [1.29, 1.82) is 0 Å². The van der Waals surface area contributed by atoms with Crippen LogP contribution in [0.3, 0.4) is 0 Å². The third-order valence-electron chi connectivity index (χ3n) is 2.94. The Bertz CT molecular complexity index is 291. The lowest BCUT2D eigenvalue weighted by atomic mass is 9.95. The van der Waals surface area contributed by atoms with E-state index in [9.17, 15) is 0 Å². The molecule has 0 atom stereocenters. The van der Waals surface area contributed by atoms with E-state index in [1.54, 1.807) is 11.3 Å². The van der Waals surface area contributed by atoms with Gasteiger partial charge in [-0.1, -0.05) is 30.6 Å². The topological polar surface area (TPSA) is 29.0 Å². The van der Waals surface area contributed by atoms with Crippen molar-refractivity contribution in [1.82, 2.24) is 10.2 Å². The zero-order valence-corrected chi connectivity index (χ0v) is 9.68. The van der Waals surface area contributed by atoms with Crippen LogP contribution in [0.25, 0.3) is 0 Å². The summed E-state index contributed by atoms with van der Waals surface area (Å²) in [4.78, 5) is 2.31. The molecule has 1 aliphatic carbocycles. The normalized spacial score (nSPS) is 18.4. The number of rotatable bonds is 2. The Balaban J connectivity index is 2.03. The van der Waals surface area contributed by atoms with Gasteiger partial charge in [0, 0.05) is 13.1 Å². The predicted molar refractivity (Wildman–Crippen MR) is 59.9 cm³/mol. The van der Waals surface area contributed by atoms with Crippen molar-refractivity contribution in [2.24, 2.45) is 0 Å². The Kier molecular flexibility index (Phi) is 3.01. The van der Waals surface area contributed by atoms with Gasteiger partial charge in [0.05, 0.1) is 0 Å². The lowest BCUT2D eigenvalue weighted by Crippen LogP contribution is -2.33. The molecule has 1 aromatic heterocycles. The number of nitrogens with zero attached hydrogens (tertiary/aromatic N) is 3. The van der Waals surface area contributed by atoms with Crippen LogP contribution < -0.4 is 4.90 Å². The molecule has 0 aromatic carbocycles. The van der Waals surface area contributed by atoms with Crippen LogP contribution in [-0.2, 0) is 0 Å². The quantitative estimate of drug-likeness (QED) is 0.753. The number of hydrogen-bond acceptors (Lipinski definition) is 4. The maximum Gasteiger partial charge on any atom is 0.208 e. The van der Waals surface area contributed by atoms with E-state index in [-0.39, 0.29) is 0 Å². The van der Waals surface area contributed by atoms with Gasteiger partial charge in [-0.05, 0) is 19.8 Å². The molecule has 4 heteroatoms. The van der Waals surface area contributed by atoms with Crippen molar-refractivity contribution in [2.75, 3.05) is 11.9 Å². The van der Waals surface area contributed by atoms with Crippen molar-refractivity contribution in [2.45, 2.75) is 45.1 Å². The molecule has 0 radical (unpaired) electrons. The maximum atomic E-state index is 4.19. The highest BCUT2D eigenvalue weighted by molar-refractivity contribution is 7.15. The maximum absolute atomic E-state index is 4.19. The van der Waals surface area contributed by atoms with E-state index >= 15 is 0 Å². The largest absolute Gasteiger partial charge is 0.347 e. The summed E-state index contributed by atoms with van der Waals surface area (Å²) in [5.74, 6) is 0. The fraction of sp³-hybridized carbons (Fsp3) is 0.800. The number of aromatic nitrogens is 2. The van der Waals surface area contributed by atoms with E-state index in [0.717, 1.165) is 10.1 Å². The van der Waals surface area contributed by atoms with E-state index in [1.807, 2.05) is 6.92 Å². The summed E-state index contributed by atoms with van der Waals surface area (Å²) < 4.78 is 0. The second kappa shape index (κ2) is 4.26. The average Bonchev–Trinajstić information content (AvgIpc) is 2.65. The summed E-state index contributed by atoms with van der Waals surface area (Å²) in [5.41, 5.74) is 0. The fourth-order valence-corrected chi connectivity index (χ4v) is 2.77. The molecule has 0 bridgehead atoms. The van der Waals surface area contributed by atoms with Crippen LogP contribution in [0.15, 0.2) is 0 Å². The van der Waals surface area contributed by atoms with Crippen molar-refractivity contribution >= 4 is 16.5 Å². The first-order valence-electron chi connectivity index (χ1n) is 5.30. The van der Waals surface area contributed by atoms with Crippen LogP contribution in [0, 0.1) is 6.92 Å². The van der Waals surface area contributed by atoms with Crippen molar-refractivity contribution in [3.05, 3.63) is 5.01 Å². The standard InChI is InChI=1S/C10H17N3S/c1-8-11-12-10(14-8)13(2)9-6-4-3-5-7-9/h9H,3-7H2,1-2H3. The van der Waals surface area contributed by atoms with E-state index in [0.29, 0.717) is 6.04 Å². The molecule has 0 N–H and O–H groups in total. The highest BCUT2D eigenvalue weighted by atomic mass is 32.1. The Morgan fingerprint density at radius 2 is 1.93 bits per heavy atom. The number of hydrogen-bond donors (Lipinski definition) is 0. The number of anilines is 1. The van der Waals surface area contributed by atoms with Crippen molar-refractivity contribution in [3.8, 4) is 0 Å². The van der Waals surface area contributed by atoms with Gasteiger partial charge in [-0.2, -0.15) is 0 Å². The van der Waals surface area contributed by atoms with Gasteiger partial charge >= 0.3 is 0 Å². The minimum absolute atomic E-state index is 0.691. The monoisotopic (exact) mass is 211 g/mol. The molecule has 1 heterocycles. The Labute approximate surface area is 89.2 Å². The van der Waals surface area contributed by atoms with Crippen molar-refractivity contribution in [3.63, 3.8) is 0 Å². The van der Waals surface area contributed by atoms with E-state index in [2.05, 4.69) is 22.1 Å². The minimum Gasteiger partial charge on any atom is -0.347 e. The molecular formula is C10H17N3S. The molecule has 3 nitrogen and oxygen atoms in total. The van der Waals surface area contributed by atoms with E-state index in [4.69, 9.17) is 0 Å². The Morgan fingerprint density at radius 3 is 2.50 bits per heavy atom. The van der Waals surface area contributed by atoms with Gasteiger partial charge in [0.1, 0.15) is 5.01 Å². The van der Waals surface area contributed by atoms with Gasteiger partial charge in [0.25, 0.3) is 0 Å². The second-order valence-electron chi connectivity index (χ2n) is 4.01. The predicted octanol–water partition coefficient (Wildman–Crippen LogP) is 2.62. The first kappa shape index (κ1) is 9.90. The fourth-order valence-electron chi connectivity index (χ4n) is 2.05. The zero-order valence-electron chi connectivity index (χ0n) is 8.86. The Morgan fingerprint density at radius 1 is 1.21 bits per heavy atom. The zero-order chi connectivity index (χ0) is 9.97. The SMILES string of the molecule is Cc1nnc(N(C)C2CCCCC2)s1. The van der Waals surface area contributed by atoms with Crippen LogP contribution in [0.1, 0.15) is 37.1 Å². The molecular weight excluding hydrogens is 194 g/mol. The molecule has 1 aliphatic rings. The molecule has 1 saturated carbocycles. The molecule has 78 valence electrons. The van der Waals surface area contributed by atoms with Gasteiger partial charge in [-0.3, -0.25) is 0 Å². The summed E-state index contributed by atoms with van der Waals surface area (Å²) in [6, 6.07) is 0.691. The summed E-state index contributed by atoms with van der Waals surface area (Å²) in [6.45, 7) is 2.01. The van der Waals surface area contributed by atoms with E-state index < -0.39 is 0 Å². The molecule has 1 aromatic rings. The first-order valence-corrected chi connectivity index (χ1v) is 6.12. The lowest BCUT2D eigenvalue weighted by Gasteiger charge is -2.30. The van der Waals surface area contributed by atoms with Crippen LogP contribution >= 0.6 is 11.3 Å². The lowest BCUT2D eigenvalue weighted by molar-refractivity contribution is 0.427. The summed E-state index contributed by atoms with van der Waals surface area (Å²) in [7, 11) is 2.15. The summed E-state index contributed by atoms with van der Waals surface area (Å²) >= 11 is 1.69. The van der Waals surface area contributed by atoms with Crippen LogP contribution in [0.2, 0.25) is 0 Å². The molecule has 0 aliphatic heterocycles. The second-order valence-corrected chi connectivity index (χ2v) is 5.17. The Hall–Kier alpha value is -0.640. The third-order valence-corrected chi connectivity index (χ3v) is 3.87. The average molecular weight is 211 g/mol. The molecule has 0 saturated heterocycles. The smallest absolute Gasteiger partial charge is 0.208 e. The summed E-state index contributed by atoms with van der Waals surface area (Å²) in [6.07, 6.45) is 6.77. The molecule has 0 unspecified atom stereocenters. The van der Waals surface area contributed by atoms with Crippen LogP contribution in [0.4, 0.5) is 5.13 Å². The van der Waals surface area contributed by atoms with Gasteiger partial charge in [-0.15, -0.1) is 10.2 Å². The van der Waals surface area contributed by atoms with Crippen LogP contribution in [0.5, 0.6) is 0 Å². The first-order chi connectivity index (χ1) is 6.77. The van der Waals surface area contributed by atoms with E-state index in [1.165, 1.54) is 32.1 Å². The third kappa shape index (κ3) is 2.05. The highest BCUT2D eigenvalue weighted by Crippen LogP contribution is 2.27. The van der Waals surface area contributed by atoms with Crippen LogP contribution in [-0.4, -0.2) is 23.3 Å². The molecule has 0 amide bonds. The summed E-state index contributed by atoms with van der Waals surface area (Å²) in [5, 5.41) is 10.4. The van der Waals surface area contributed by atoms with Gasteiger partial charge < -0.3 is 4.90 Å². The van der Waals surface area contributed by atoms with Gasteiger partial charge in [0.15, 0.2) is 0 Å². The van der Waals surface area contributed by atoms with Gasteiger partial charge in [0.2, 0.25) is 5.13 Å². The van der Waals surface area contributed by atoms with Crippen molar-refractivity contribution < 1.29 is 0 Å². The minimum atomic E-state index is 0.691. The molecule has 2 rings (SSSR count). The molecule has 1 fully saturated rings. The molecule has 14 heavy (non-hydrogen) atoms. The molecule has 0 spiro atoms. The number of aryl methyl sites for hydroxylation is 1.